The fourth-order valence-corrected chi connectivity index (χ4v) is 7.32. The van der Waals surface area contributed by atoms with E-state index in [1.54, 1.807) is 6.08 Å². The van der Waals surface area contributed by atoms with Crippen molar-refractivity contribution >= 4 is 17.7 Å². The third-order valence-electron chi connectivity index (χ3n) is 10.7. The van der Waals surface area contributed by atoms with Gasteiger partial charge >= 0.3 is 0 Å². The molecule has 0 saturated carbocycles. The van der Waals surface area contributed by atoms with Gasteiger partial charge in [0.05, 0.1) is 33.0 Å². The predicted octanol–water partition coefficient (Wildman–Crippen LogP) is 9.18. The molecular formula is C50H75N3O6. The smallest absolute Gasteiger partial charge is 0.244 e. The SMILES string of the molecule is CC1=CCCC(C)(C)\C1=C/C=C/C=C/C(C)=C/C(=O)NCCCC[C@@H](NC(=O)/C=C(C)/C=C/C=C(C)/C=C/C1=C(C)CCCC1(C)C)C(=O)NCCOCCOCCO. The van der Waals surface area contributed by atoms with Crippen LogP contribution in [0.1, 0.15) is 114 Å². The van der Waals surface area contributed by atoms with E-state index in [2.05, 4.69) is 94.8 Å². The van der Waals surface area contributed by atoms with Gasteiger partial charge in [0.1, 0.15) is 6.04 Å². The maximum atomic E-state index is 13.2. The summed E-state index contributed by atoms with van der Waals surface area (Å²) < 4.78 is 10.7. The van der Waals surface area contributed by atoms with Gasteiger partial charge in [-0.05, 0) is 119 Å². The molecule has 0 fully saturated rings. The Morgan fingerprint density at radius 2 is 1.47 bits per heavy atom. The van der Waals surface area contributed by atoms with Crippen LogP contribution in [0, 0.1) is 10.8 Å². The molecule has 9 heteroatoms. The number of aliphatic hydroxyl groups is 1. The van der Waals surface area contributed by atoms with Gasteiger partial charge in [-0.15, -0.1) is 0 Å². The highest BCUT2D eigenvalue weighted by Gasteiger charge is 2.27. The van der Waals surface area contributed by atoms with Crippen molar-refractivity contribution in [2.24, 2.45) is 10.8 Å². The Labute approximate surface area is 356 Å². The molecule has 0 spiro atoms. The molecule has 2 aliphatic rings. The van der Waals surface area contributed by atoms with Crippen molar-refractivity contribution in [2.75, 3.05) is 46.1 Å². The van der Waals surface area contributed by atoms with Gasteiger partial charge in [-0.1, -0.05) is 111 Å². The standard InChI is InChI=1S/C50H75N3O6/c1-38(25-26-44-42(5)22-17-28-50(44,8)9)19-15-20-40(3)37-47(56)53-45(48(57)52-30-32-58-34-35-59-33-31-54)24-13-14-29-51-46(55)36-39(2)18-11-10-12-23-43-41(4)21-16-27-49(43,6)7/h10-12,15,18-21,23,25-26,36-37,45,54H,13-14,16-17,22,24,27-35H2,1-9H3,(H,51,55)(H,52,57)(H,53,56)/b12-10+,18-11+,20-15+,26-25+,38-19+,39-36+,40-37+,43-23-/t45-/m1/s1. The topological polar surface area (TPSA) is 126 Å². The predicted molar refractivity (Wildman–Crippen MR) is 244 cm³/mol. The van der Waals surface area contributed by atoms with Crippen molar-refractivity contribution < 1.29 is 29.0 Å². The largest absolute Gasteiger partial charge is 0.394 e. The van der Waals surface area contributed by atoms with E-state index in [1.807, 2.05) is 50.3 Å². The molecule has 0 saturated heterocycles. The molecule has 0 aliphatic heterocycles. The lowest BCUT2D eigenvalue weighted by Gasteiger charge is -2.32. The zero-order valence-electron chi connectivity index (χ0n) is 37.7. The first-order valence-electron chi connectivity index (χ1n) is 21.5. The van der Waals surface area contributed by atoms with Gasteiger partial charge < -0.3 is 30.5 Å². The summed E-state index contributed by atoms with van der Waals surface area (Å²) in [6.07, 6.45) is 33.2. The van der Waals surface area contributed by atoms with Crippen LogP contribution < -0.4 is 16.0 Å². The van der Waals surface area contributed by atoms with Crippen molar-refractivity contribution in [3.63, 3.8) is 0 Å². The number of unbranched alkanes of at least 4 members (excludes halogenated alkanes) is 1. The number of amides is 3. The molecule has 59 heavy (non-hydrogen) atoms. The van der Waals surface area contributed by atoms with Gasteiger partial charge in [0, 0.05) is 25.2 Å². The second-order valence-corrected chi connectivity index (χ2v) is 17.0. The third kappa shape index (κ3) is 21.0. The number of hydrogen-bond donors (Lipinski definition) is 4. The van der Waals surface area contributed by atoms with Crippen LogP contribution >= 0.6 is 0 Å². The summed E-state index contributed by atoms with van der Waals surface area (Å²) in [7, 11) is 0. The zero-order chi connectivity index (χ0) is 43.7. The van der Waals surface area contributed by atoms with Crippen molar-refractivity contribution in [2.45, 2.75) is 120 Å². The molecule has 0 unspecified atom stereocenters. The van der Waals surface area contributed by atoms with Gasteiger partial charge in [-0.3, -0.25) is 14.4 Å². The molecule has 0 heterocycles. The maximum Gasteiger partial charge on any atom is 0.244 e. The highest BCUT2D eigenvalue weighted by Crippen LogP contribution is 2.41. The lowest BCUT2D eigenvalue weighted by molar-refractivity contribution is -0.127. The van der Waals surface area contributed by atoms with Gasteiger partial charge in [0.25, 0.3) is 0 Å². The third-order valence-corrected chi connectivity index (χ3v) is 10.7. The van der Waals surface area contributed by atoms with E-state index in [9.17, 15) is 14.4 Å². The van der Waals surface area contributed by atoms with Gasteiger partial charge in [-0.25, -0.2) is 0 Å². The van der Waals surface area contributed by atoms with Gasteiger partial charge in [0.2, 0.25) is 17.7 Å². The van der Waals surface area contributed by atoms with Crippen LogP contribution in [-0.4, -0.2) is 75.0 Å². The Hall–Kier alpha value is -4.31. The Morgan fingerprint density at radius 1 is 0.780 bits per heavy atom. The molecular weight excluding hydrogens is 739 g/mol. The fourth-order valence-electron chi connectivity index (χ4n) is 7.32. The Morgan fingerprint density at radius 3 is 2.17 bits per heavy atom. The van der Waals surface area contributed by atoms with Crippen molar-refractivity contribution in [3.8, 4) is 0 Å². The lowest BCUT2D eigenvalue weighted by Crippen LogP contribution is -2.47. The van der Waals surface area contributed by atoms with Crippen molar-refractivity contribution in [1.29, 1.82) is 0 Å². The van der Waals surface area contributed by atoms with E-state index < -0.39 is 6.04 Å². The number of ether oxygens (including phenoxy) is 2. The number of aliphatic hydroxyl groups excluding tert-OH is 1. The number of nitrogens with one attached hydrogen (secondary N) is 3. The summed E-state index contributed by atoms with van der Waals surface area (Å²) in [5.41, 5.74) is 8.64. The summed E-state index contributed by atoms with van der Waals surface area (Å²) in [5, 5.41) is 17.5. The minimum atomic E-state index is -0.756. The molecule has 326 valence electrons. The Balaban J connectivity index is 1.92. The molecule has 0 radical (unpaired) electrons. The Kier molecular flexibility index (Phi) is 23.6. The molecule has 2 rings (SSSR count). The second-order valence-electron chi connectivity index (χ2n) is 17.0. The van der Waals surface area contributed by atoms with E-state index in [1.165, 1.54) is 41.2 Å². The molecule has 9 nitrogen and oxygen atoms in total. The van der Waals surface area contributed by atoms with Crippen LogP contribution in [0.4, 0.5) is 0 Å². The van der Waals surface area contributed by atoms with Crippen LogP contribution in [0.2, 0.25) is 0 Å². The molecule has 0 aromatic rings. The van der Waals surface area contributed by atoms with E-state index in [-0.39, 0.29) is 54.9 Å². The molecule has 4 N–H and O–H groups in total. The quantitative estimate of drug-likeness (QED) is 0.0438. The summed E-state index contributed by atoms with van der Waals surface area (Å²) in [5.74, 6) is -0.835. The number of hydrogen-bond acceptors (Lipinski definition) is 6. The average molecular weight is 814 g/mol. The molecule has 1 atom stereocenters. The van der Waals surface area contributed by atoms with Crippen molar-refractivity contribution in [1.82, 2.24) is 16.0 Å². The number of allylic oxidation sites excluding steroid dienone is 18. The molecule has 2 aliphatic carbocycles. The summed E-state index contributed by atoms with van der Waals surface area (Å²) in [6, 6.07) is -0.756. The van der Waals surface area contributed by atoms with Crippen LogP contribution in [0.5, 0.6) is 0 Å². The monoisotopic (exact) mass is 814 g/mol. The number of rotatable bonds is 24. The van der Waals surface area contributed by atoms with Gasteiger partial charge in [0.15, 0.2) is 0 Å². The second kappa shape index (κ2) is 27.4. The fraction of sp³-hybridized carbons (Fsp3) is 0.540. The highest BCUT2D eigenvalue weighted by atomic mass is 16.5. The highest BCUT2D eigenvalue weighted by molar-refractivity contribution is 5.93. The average Bonchev–Trinajstić information content (AvgIpc) is 3.15. The molecule has 0 bridgehead atoms. The molecule has 0 aromatic carbocycles. The summed E-state index contributed by atoms with van der Waals surface area (Å²) in [6.45, 7) is 21.3. The minimum Gasteiger partial charge on any atom is -0.394 e. The van der Waals surface area contributed by atoms with Crippen LogP contribution in [-0.2, 0) is 23.9 Å². The normalized spacial score (nSPS) is 19.0. The lowest BCUT2D eigenvalue weighted by atomic mass is 9.72. The van der Waals surface area contributed by atoms with Gasteiger partial charge in [-0.2, -0.15) is 0 Å². The van der Waals surface area contributed by atoms with E-state index in [4.69, 9.17) is 14.6 Å². The zero-order valence-corrected chi connectivity index (χ0v) is 37.7. The number of carbonyl (C=O) groups is 3. The van der Waals surface area contributed by atoms with Crippen LogP contribution in [0.3, 0.4) is 0 Å². The van der Waals surface area contributed by atoms with Crippen molar-refractivity contribution in [3.05, 3.63) is 118 Å². The molecule has 0 aromatic heterocycles. The Bertz CT molecular complexity index is 1700. The van der Waals surface area contributed by atoms with E-state index >= 15 is 0 Å². The van der Waals surface area contributed by atoms with Crippen LogP contribution in [0.25, 0.3) is 0 Å². The maximum absolute atomic E-state index is 13.2. The first kappa shape index (κ1) is 50.8. The van der Waals surface area contributed by atoms with E-state index in [0.29, 0.717) is 39.0 Å². The van der Waals surface area contributed by atoms with Crippen LogP contribution in [0.15, 0.2) is 118 Å². The first-order valence-corrected chi connectivity index (χ1v) is 21.5. The first-order chi connectivity index (χ1) is 28.1. The minimum absolute atomic E-state index is 0.0470. The van der Waals surface area contributed by atoms with E-state index in [0.717, 1.165) is 36.0 Å². The molecule has 3 amide bonds. The summed E-state index contributed by atoms with van der Waals surface area (Å²) in [4.78, 5) is 38.8. The number of carbonyl (C=O) groups excluding carboxylic acids is 3. The summed E-state index contributed by atoms with van der Waals surface area (Å²) >= 11 is 0.